The Morgan fingerprint density at radius 2 is 1.79 bits per heavy atom. The average molecular weight is 440 g/mol. The number of fused-ring (bicyclic) bond motifs is 1. The molecule has 0 amide bonds. The molecule has 0 aliphatic carbocycles. The maximum Gasteiger partial charge on any atom is 0.534 e. The Balaban J connectivity index is 2.26. The maximum absolute atomic E-state index is 12.6. The van der Waals surface area contributed by atoms with Crippen molar-refractivity contribution in [2.75, 3.05) is 0 Å². The second-order valence-corrected chi connectivity index (χ2v) is 9.54. The van der Waals surface area contributed by atoms with Crippen LogP contribution in [0.4, 0.5) is 13.2 Å². The lowest BCUT2D eigenvalue weighted by Crippen LogP contribution is -2.53. The van der Waals surface area contributed by atoms with E-state index in [4.69, 9.17) is 9.47 Å². The van der Waals surface area contributed by atoms with Gasteiger partial charge in [0.05, 0.1) is 0 Å². The minimum Gasteiger partial charge on any atom is -0.486 e. The van der Waals surface area contributed by atoms with Gasteiger partial charge in [-0.3, -0.25) is 0 Å². The second kappa shape index (κ2) is 7.35. The molecular weight excluding hydrogens is 417 g/mol. The fourth-order valence-electron chi connectivity index (χ4n) is 2.67. The van der Waals surface area contributed by atoms with E-state index in [0.29, 0.717) is 5.56 Å². The molecule has 1 heterocycles. The van der Waals surface area contributed by atoms with Crippen LogP contribution in [0.15, 0.2) is 12.1 Å². The van der Waals surface area contributed by atoms with E-state index >= 15 is 0 Å². The van der Waals surface area contributed by atoms with E-state index in [1.807, 2.05) is 0 Å². The molecule has 0 spiro atoms. The molecule has 0 unspecified atom stereocenters. The second-order valence-electron chi connectivity index (χ2n) is 8.00. The van der Waals surface area contributed by atoms with Gasteiger partial charge >= 0.3 is 21.6 Å². The fraction of sp³-hybridized carbons (Fsp3) is 0.611. The molecular formula is C18H23F3O7S. The largest absolute Gasteiger partial charge is 0.534 e. The van der Waals surface area contributed by atoms with Crippen LogP contribution < -0.4 is 8.92 Å². The summed E-state index contributed by atoms with van der Waals surface area (Å²) in [6.07, 6.45) is -0.606. The number of carbonyl (C=O) groups excluding carboxylic acids is 1. The Bertz CT molecular complexity index is 899. The van der Waals surface area contributed by atoms with Crippen molar-refractivity contribution in [3.05, 3.63) is 23.3 Å². The first kappa shape index (κ1) is 23.3. The molecule has 1 aliphatic rings. The SMILES string of the molecule is Cc1cc2c(cc1OS(=O)(=O)C(F)(F)F)CC[C@H]([C@](C)(O)C(=O)OC(C)(C)C)O2. The van der Waals surface area contributed by atoms with Gasteiger partial charge in [0, 0.05) is 0 Å². The molecule has 164 valence electrons. The van der Waals surface area contributed by atoms with Crippen molar-refractivity contribution < 1.29 is 45.1 Å². The smallest absolute Gasteiger partial charge is 0.486 e. The summed E-state index contributed by atoms with van der Waals surface area (Å²) in [5.41, 5.74) is -7.87. The maximum atomic E-state index is 12.6. The first-order valence-corrected chi connectivity index (χ1v) is 10.1. The van der Waals surface area contributed by atoms with Crippen LogP contribution in [0.3, 0.4) is 0 Å². The summed E-state index contributed by atoms with van der Waals surface area (Å²) in [6.45, 7) is 7.56. The summed E-state index contributed by atoms with van der Waals surface area (Å²) in [5.74, 6) is -1.13. The molecule has 11 heteroatoms. The first-order valence-electron chi connectivity index (χ1n) is 8.71. The van der Waals surface area contributed by atoms with Crippen LogP contribution in [0.5, 0.6) is 11.5 Å². The van der Waals surface area contributed by atoms with Crippen LogP contribution in [0.1, 0.15) is 45.2 Å². The number of ether oxygens (including phenoxy) is 2. The van der Waals surface area contributed by atoms with Crippen molar-refractivity contribution in [3.63, 3.8) is 0 Å². The van der Waals surface area contributed by atoms with E-state index in [-0.39, 0.29) is 24.2 Å². The van der Waals surface area contributed by atoms with Crippen molar-refractivity contribution in [2.45, 2.75) is 70.3 Å². The molecule has 0 aromatic heterocycles. The van der Waals surface area contributed by atoms with Gasteiger partial charge in [-0.15, -0.1) is 0 Å². The predicted molar refractivity (Wildman–Crippen MR) is 96.0 cm³/mol. The summed E-state index contributed by atoms with van der Waals surface area (Å²) >= 11 is 0. The molecule has 1 aliphatic heterocycles. The molecule has 2 atom stereocenters. The normalized spacial score (nSPS) is 19.6. The van der Waals surface area contributed by atoms with Crippen molar-refractivity contribution in [1.82, 2.24) is 0 Å². The monoisotopic (exact) mass is 440 g/mol. The predicted octanol–water partition coefficient (Wildman–Crippen LogP) is 3.01. The quantitative estimate of drug-likeness (QED) is 0.437. The molecule has 7 nitrogen and oxygen atoms in total. The van der Waals surface area contributed by atoms with Crippen molar-refractivity contribution in [2.24, 2.45) is 0 Å². The van der Waals surface area contributed by atoms with E-state index in [9.17, 15) is 31.5 Å². The zero-order valence-electron chi connectivity index (χ0n) is 16.6. The summed E-state index contributed by atoms with van der Waals surface area (Å²) in [5, 5.41) is 10.6. The third-order valence-electron chi connectivity index (χ3n) is 4.23. The number of carbonyl (C=O) groups is 1. The zero-order chi connectivity index (χ0) is 22.4. The molecule has 0 radical (unpaired) electrons. The van der Waals surface area contributed by atoms with Gasteiger partial charge in [-0.1, -0.05) is 0 Å². The first-order chi connectivity index (χ1) is 12.9. The van der Waals surface area contributed by atoms with Crippen molar-refractivity contribution >= 4 is 16.1 Å². The van der Waals surface area contributed by atoms with Gasteiger partial charge in [0.25, 0.3) is 0 Å². The Labute approximate surface area is 166 Å². The van der Waals surface area contributed by atoms with E-state index in [2.05, 4.69) is 4.18 Å². The minimum atomic E-state index is -5.80. The standard InChI is InChI=1S/C18H23F3O7S/c1-10-8-13-11(9-12(10)28-29(24,25)18(19,20)21)6-7-14(26-13)17(5,23)15(22)27-16(2,3)4/h8-9,14,23H,6-7H2,1-5H3/t14-,17+/m1/s1. The van der Waals surface area contributed by atoms with Gasteiger partial charge in [-0.25, -0.2) is 4.79 Å². The number of aliphatic hydroxyl groups is 1. The summed E-state index contributed by atoms with van der Waals surface area (Å²) < 4.78 is 75.3. The van der Waals surface area contributed by atoms with Gasteiger partial charge in [-0.05, 0) is 70.7 Å². The number of alkyl halides is 3. The number of benzene rings is 1. The molecule has 29 heavy (non-hydrogen) atoms. The summed E-state index contributed by atoms with van der Waals surface area (Å²) in [6, 6.07) is 2.44. The topological polar surface area (TPSA) is 99.1 Å². The van der Waals surface area contributed by atoms with Crippen LogP contribution in [-0.4, -0.2) is 42.3 Å². The van der Waals surface area contributed by atoms with Crippen LogP contribution in [0, 0.1) is 6.92 Å². The van der Waals surface area contributed by atoms with Crippen molar-refractivity contribution in [1.29, 1.82) is 0 Å². The Hall–Kier alpha value is -2.01. The van der Waals surface area contributed by atoms with Crippen LogP contribution in [0.2, 0.25) is 0 Å². The number of aryl methyl sites for hydroxylation is 2. The minimum absolute atomic E-state index is 0.0779. The number of halogens is 3. The number of hydrogen-bond acceptors (Lipinski definition) is 7. The van der Waals surface area contributed by atoms with E-state index < -0.39 is 44.7 Å². The highest BCUT2D eigenvalue weighted by atomic mass is 32.2. The third-order valence-corrected chi connectivity index (χ3v) is 5.19. The molecule has 1 aromatic carbocycles. The van der Waals surface area contributed by atoms with E-state index in [1.54, 1.807) is 20.8 Å². The molecule has 0 bridgehead atoms. The Morgan fingerprint density at radius 3 is 2.31 bits per heavy atom. The van der Waals surface area contributed by atoms with Gasteiger partial charge in [0.15, 0.2) is 5.60 Å². The summed E-state index contributed by atoms with van der Waals surface area (Å²) in [7, 11) is -5.80. The number of rotatable bonds is 4. The van der Waals surface area contributed by atoms with E-state index in [0.717, 1.165) is 6.07 Å². The van der Waals surface area contributed by atoms with Gasteiger partial charge in [0.1, 0.15) is 23.2 Å². The highest BCUT2D eigenvalue weighted by Gasteiger charge is 2.49. The Morgan fingerprint density at radius 1 is 1.21 bits per heavy atom. The zero-order valence-corrected chi connectivity index (χ0v) is 17.4. The number of hydrogen-bond donors (Lipinski definition) is 1. The lowest BCUT2D eigenvalue weighted by Gasteiger charge is -2.36. The Kier molecular flexibility index (Phi) is 5.90. The molecule has 0 saturated carbocycles. The van der Waals surface area contributed by atoms with Crippen LogP contribution >= 0.6 is 0 Å². The average Bonchev–Trinajstić information content (AvgIpc) is 2.52. The highest BCUT2D eigenvalue weighted by Crippen LogP contribution is 2.38. The molecule has 0 fully saturated rings. The van der Waals surface area contributed by atoms with Gasteiger partial charge in [0.2, 0.25) is 0 Å². The molecule has 1 aromatic rings. The van der Waals surface area contributed by atoms with Crippen LogP contribution in [-0.2, 0) is 26.1 Å². The van der Waals surface area contributed by atoms with Crippen molar-refractivity contribution in [3.8, 4) is 11.5 Å². The van der Waals surface area contributed by atoms with Gasteiger partial charge in [-0.2, -0.15) is 21.6 Å². The lowest BCUT2D eigenvalue weighted by atomic mass is 9.90. The lowest BCUT2D eigenvalue weighted by molar-refractivity contribution is -0.185. The van der Waals surface area contributed by atoms with E-state index in [1.165, 1.54) is 19.9 Å². The molecule has 0 saturated heterocycles. The molecule has 1 N–H and O–H groups in total. The highest BCUT2D eigenvalue weighted by molar-refractivity contribution is 7.88. The van der Waals surface area contributed by atoms with Gasteiger partial charge < -0.3 is 18.8 Å². The summed E-state index contributed by atoms with van der Waals surface area (Å²) in [4.78, 5) is 12.3. The number of esters is 1. The van der Waals surface area contributed by atoms with Crippen LogP contribution in [0.25, 0.3) is 0 Å². The molecule has 2 rings (SSSR count). The fourth-order valence-corrected chi connectivity index (χ4v) is 3.18. The third kappa shape index (κ3) is 5.13.